The maximum Gasteiger partial charge on any atom is 0.408 e. The Bertz CT molecular complexity index is 1110. The highest BCUT2D eigenvalue weighted by molar-refractivity contribution is 7.84. The average Bonchev–Trinajstić information content (AvgIpc) is 2.90. The van der Waals surface area contributed by atoms with Gasteiger partial charge in [-0.3, -0.25) is 13.8 Å². The highest BCUT2D eigenvalue weighted by Gasteiger charge is 2.29. The maximum absolute atomic E-state index is 13.4. The van der Waals surface area contributed by atoms with Gasteiger partial charge in [0.15, 0.2) is 0 Å². The molecule has 0 radical (unpaired) electrons. The third-order valence-corrected chi connectivity index (χ3v) is 6.53. The molecule has 0 aromatic heterocycles. The molecule has 0 aliphatic rings. The number of hydrogen-bond acceptors (Lipinski definition) is 6. The Morgan fingerprint density at radius 1 is 0.923 bits per heavy atom. The molecule has 2 aromatic rings. The molecule has 0 saturated carbocycles. The van der Waals surface area contributed by atoms with Crippen LogP contribution < -0.4 is 16.0 Å². The molecular weight excluding hydrogens is 525 g/mol. The largest absolute Gasteiger partial charge is 0.445 e. The lowest BCUT2D eigenvalue weighted by Crippen LogP contribution is -2.56. The van der Waals surface area contributed by atoms with Crippen molar-refractivity contribution in [2.45, 2.75) is 57.8 Å². The van der Waals surface area contributed by atoms with E-state index in [0.29, 0.717) is 11.8 Å². The Kier molecular flexibility index (Phi) is 13.3. The van der Waals surface area contributed by atoms with E-state index in [1.54, 1.807) is 24.3 Å². The first-order valence-electron chi connectivity index (χ1n) is 12.6. The molecule has 0 heterocycles. The van der Waals surface area contributed by atoms with Crippen molar-refractivity contribution in [3.05, 3.63) is 71.5 Å². The number of rotatable bonds is 15. The summed E-state index contributed by atoms with van der Waals surface area (Å²) in [5.74, 6) is -1.41. The van der Waals surface area contributed by atoms with Crippen molar-refractivity contribution < 1.29 is 32.5 Å². The van der Waals surface area contributed by atoms with Crippen LogP contribution in [0.1, 0.15) is 37.8 Å². The highest BCUT2D eigenvalue weighted by Crippen LogP contribution is 2.10. The normalized spacial score (nSPS) is 14.0. The van der Waals surface area contributed by atoms with E-state index in [1.807, 2.05) is 19.9 Å². The summed E-state index contributed by atoms with van der Waals surface area (Å²) in [6, 6.07) is 11.5. The van der Waals surface area contributed by atoms with E-state index in [9.17, 15) is 27.8 Å². The molecule has 3 N–H and O–H groups in total. The van der Waals surface area contributed by atoms with Crippen LogP contribution in [0.15, 0.2) is 54.6 Å². The molecule has 4 atom stereocenters. The van der Waals surface area contributed by atoms with Crippen molar-refractivity contribution in [3.8, 4) is 0 Å². The molecular formula is C28H36FN3O6S. The van der Waals surface area contributed by atoms with Gasteiger partial charge in [0.05, 0.1) is 6.04 Å². The lowest BCUT2D eigenvalue weighted by atomic mass is 10.0. The van der Waals surface area contributed by atoms with E-state index in [2.05, 4.69) is 16.0 Å². The molecule has 0 fully saturated rings. The smallest absolute Gasteiger partial charge is 0.408 e. The second-order valence-corrected chi connectivity index (χ2v) is 11.2. The summed E-state index contributed by atoms with van der Waals surface area (Å²) < 4.78 is 30.1. The predicted molar refractivity (Wildman–Crippen MR) is 147 cm³/mol. The monoisotopic (exact) mass is 561 g/mol. The third-order valence-electron chi connectivity index (χ3n) is 5.72. The summed E-state index contributed by atoms with van der Waals surface area (Å²) in [6.45, 7) is 3.74. The van der Waals surface area contributed by atoms with Crippen molar-refractivity contribution in [1.82, 2.24) is 16.0 Å². The lowest BCUT2D eigenvalue weighted by molar-refractivity contribution is -0.131. The number of benzene rings is 2. The number of amides is 3. The quantitative estimate of drug-likeness (QED) is 0.287. The Morgan fingerprint density at radius 2 is 1.56 bits per heavy atom. The van der Waals surface area contributed by atoms with Crippen LogP contribution in [0, 0.1) is 11.7 Å². The fourth-order valence-corrected chi connectivity index (χ4v) is 4.28. The van der Waals surface area contributed by atoms with E-state index < -0.39 is 52.6 Å². The van der Waals surface area contributed by atoms with Gasteiger partial charge in [0.1, 0.15) is 30.8 Å². The summed E-state index contributed by atoms with van der Waals surface area (Å²) in [4.78, 5) is 50.4. The average molecular weight is 562 g/mol. The van der Waals surface area contributed by atoms with E-state index in [-0.39, 0.29) is 37.5 Å². The van der Waals surface area contributed by atoms with Crippen LogP contribution in [-0.2, 0) is 42.9 Å². The Morgan fingerprint density at radius 3 is 2.15 bits per heavy atom. The number of carbonyl (C=O) groups is 4. The number of ether oxygens (including phenoxy) is 1. The number of halogens is 1. The van der Waals surface area contributed by atoms with Crippen LogP contribution in [-0.4, -0.2) is 58.5 Å². The van der Waals surface area contributed by atoms with E-state index in [4.69, 9.17) is 4.74 Å². The summed E-state index contributed by atoms with van der Waals surface area (Å²) in [6.07, 6.45) is 1.72. The molecule has 3 amide bonds. The Hall–Kier alpha value is -3.60. The van der Waals surface area contributed by atoms with Crippen LogP contribution in [0.25, 0.3) is 0 Å². The Balaban J connectivity index is 2.15. The number of aldehydes is 1. The van der Waals surface area contributed by atoms with Crippen LogP contribution in [0.5, 0.6) is 0 Å². The summed E-state index contributed by atoms with van der Waals surface area (Å²) in [5, 5.41) is 7.82. The second kappa shape index (κ2) is 16.4. The zero-order valence-corrected chi connectivity index (χ0v) is 23.2. The molecule has 1 unspecified atom stereocenters. The third kappa shape index (κ3) is 12.2. The number of hydrogen-bond donors (Lipinski definition) is 3. The molecule has 9 nitrogen and oxygen atoms in total. The van der Waals surface area contributed by atoms with Crippen molar-refractivity contribution in [2.24, 2.45) is 5.92 Å². The van der Waals surface area contributed by atoms with Crippen LogP contribution in [0.2, 0.25) is 0 Å². The van der Waals surface area contributed by atoms with Gasteiger partial charge in [0, 0.05) is 29.2 Å². The first kappa shape index (κ1) is 31.6. The number of carbonyl (C=O) groups excluding carboxylic acids is 4. The fraction of sp³-hybridized carbons (Fsp3) is 0.429. The molecule has 2 aromatic carbocycles. The van der Waals surface area contributed by atoms with Crippen molar-refractivity contribution >= 4 is 35.0 Å². The molecule has 0 bridgehead atoms. The van der Waals surface area contributed by atoms with Crippen LogP contribution in [0.4, 0.5) is 9.18 Å². The predicted octanol–water partition coefficient (Wildman–Crippen LogP) is 2.65. The van der Waals surface area contributed by atoms with E-state index in [0.717, 1.165) is 5.56 Å². The van der Waals surface area contributed by atoms with Crippen molar-refractivity contribution in [1.29, 1.82) is 0 Å². The summed E-state index contributed by atoms with van der Waals surface area (Å²) >= 11 is 0. The molecule has 0 saturated heterocycles. The summed E-state index contributed by atoms with van der Waals surface area (Å²) in [5.41, 5.74) is 1.34. The van der Waals surface area contributed by atoms with Gasteiger partial charge in [0.2, 0.25) is 11.8 Å². The first-order chi connectivity index (χ1) is 18.6. The molecule has 39 heavy (non-hydrogen) atoms. The van der Waals surface area contributed by atoms with Gasteiger partial charge in [-0.25, -0.2) is 9.18 Å². The maximum atomic E-state index is 13.4. The number of alkyl carbamates (subject to hydrolysis) is 1. The SMILES string of the molecule is CC(C)C[C@H](NC(=O)[C@H](Cc1ccc(F)cc1)NC(=O)OCc1ccccc1)C(=O)N[C@H](C=O)CCS(C)=O. The minimum Gasteiger partial charge on any atom is -0.445 e. The van der Waals surface area contributed by atoms with Crippen molar-refractivity contribution in [2.75, 3.05) is 12.0 Å². The van der Waals surface area contributed by atoms with Gasteiger partial charge in [-0.2, -0.15) is 0 Å². The highest BCUT2D eigenvalue weighted by atomic mass is 32.2. The molecule has 0 aliphatic carbocycles. The lowest BCUT2D eigenvalue weighted by Gasteiger charge is -2.25. The van der Waals surface area contributed by atoms with E-state index in [1.165, 1.54) is 30.5 Å². The zero-order chi connectivity index (χ0) is 28.8. The molecule has 11 heteroatoms. The summed E-state index contributed by atoms with van der Waals surface area (Å²) in [7, 11) is -1.13. The second-order valence-electron chi connectivity index (χ2n) is 9.60. The topological polar surface area (TPSA) is 131 Å². The zero-order valence-electron chi connectivity index (χ0n) is 22.4. The van der Waals surface area contributed by atoms with Gasteiger partial charge in [-0.05, 0) is 42.0 Å². The molecule has 2 rings (SSSR count). The fourth-order valence-electron chi connectivity index (χ4n) is 3.70. The van der Waals surface area contributed by atoms with Crippen LogP contribution in [0.3, 0.4) is 0 Å². The molecule has 0 spiro atoms. The van der Waals surface area contributed by atoms with Gasteiger partial charge in [-0.1, -0.05) is 56.3 Å². The van der Waals surface area contributed by atoms with Crippen LogP contribution >= 0.6 is 0 Å². The minimum absolute atomic E-state index is 0.00836. The van der Waals surface area contributed by atoms with Crippen molar-refractivity contribution in [3.63, 3.8) is 0 Å². The first-order valence-corrected chi connectivity index (χ1v) is 14.4. The van der Waals surface area contributed by atoms with Gasteiger partial charge >= 0.3 is 6.09 Å². The molecule has 212 valence electrons. The van der Waals surface area contributed by atoms with Gasteiger partial charge < -0.3 is 25.5 Å². The Labute approximate surface area is 230 Å². The van der Waals surface area contributed by atoms with E-state index >= 15 is 0 Å². The number of nitrogens with one attached hydrogen (secondary N) is 3. The standard InChI is InChI=1S/C28H36FN3O6S/c1-19(2)15-24(26(34)30-23(17-33)13-14-39(3)37)31-27(35)25(16-20-9-11-22(29)12-10-20)32-28(36)38-18-21-7-5-4-6-8-21/h4-12,17,19,23-25H,13-16,18H2,1-3H3,(H,30,34)(H,31,35)(H,32,36)/t23-,24-,25-,39?/m0/s1. The van der Waals surface area contributed by atoms with Gasteiger partial charge in [0.25, 0.3) is 0 Å². The minimum atomic E-state index is -1.13. The molecule has 0 aliphatic heterocycles. The van der Waals surface area contributed by atoms with Gasteiger partial charge in [-0.15, -0.1) is 0 Å².